The second-order valence-electron chi connectivity index (χ2n) is 6.46. The number of likely N-dealkylation sites (tertiary alicyclic amines) is 1. The lowest BCUT2D eigenvalue weighted by Crippen LogP contribution is -2.48. The molecule has 136 valence electrons. The Kier molecular flexibility index (Phi) is 5.84. The highest BCUT2D eigenvalue weighted by Crippen LogP contribution is 2.27. The highest BCUT2D eigenvalue weighted by Gasteiger charge is 2.35. The zero-order valence-electron chi connectivity index (χ0n) is 14.1. The molecule has 1 saturated heterocycles. The topological polar surface area (TPSA) is 62.5 Å². The average Bonchev–Trinajstić information content (AvgIpc) is 2.91. The normalized spacial score (nSPS) is 17.5. The molecule has 6 nitrogen and oxygen atoms in total. The van der Waals surface area contributed by atoms with E-state index in [2.05, 4.69) is 10.1 Å². The minimum Gasteiger partial charge on any atom is -0.339 e. The van der Waals surface area contributed by atoms with Crippen molar-refractivity contribution in [2.75, 3.05) is 26.2 Å². The van der Waals surface area contributed by atoms with Crippen LogP contribution in [-0.4, -0.2) is 64.2 Å². The van der Waals surface area contributed by atoms with Crippen LogP contribution in [0, 0.1) is 6.92 Å². The first-order chi connectivity index (χ1) is 11.2. The van der Waals surface area contributed by atoms with Crippen molar-refractivity contribution in [2.45, 2.75) is 51.7 Å². The van der Waals surface area contributed by atoms with Gasteiger partial charge in [0.1, 0.15) is 6.54 Å². The summed E-state index contributed by atoms with van der Waals surface area (Å²) in [6.07, 6.45) is -2.89. The van der Waals surface area contributed by atoms with Crippen molar-refractivity contribution in [3.63, 3.8) is 0 Å². The van der Waals surface area contributed by atoms with Gasteiger partial charge in [-0.15, -0.1) is 0 Å². The van der Waals surface area contributed by atoms with Gasteiger partial charge in [-0.25, -0.2) is 0 Å². The van der Waals surface area contributed by atoms with Crippen molar-refractivity contribution < 1.29 is 22.5 Å². The number of carbonyl (C=O) groups is 1. The fraction of sp³-hybridized carbons (Fsp3) is 0.800. The van der Waals surface area contributed by atoms with Crippen molar-refractivity contribution in [1.29, 1.82) is 0 Å². The summed E-state index contributed by atoms with van der Waals surface area (Å²) in [7, 11) is 0. The van der Waals surface area contributed by atoms with Gasteiger partial charge >= 0.3 is 6.18 Å². The number of hydrogen-bond acceptors (Lipinski definition) is 5. The van der Waals surface area contributed by atoms with Crippen molar-refractivity contribution in [2.24, 2.45) is 0 Å². The summed E-state index contributed by atoms with van der Waals surface area (Å²) in [6.45, 7) is 4.97. The van der Waals surface area contributed by atoms with Crippen LogP contribution in [-0.2, 0) is 4.79 Å². The van der Waals surface area contributed by atoms with E-state index in [0.717, 1.165) is 17.7 Å². The molecule has 1 fully saturated rings. The van der Waals surface area contributed by atoms with Gasteiger partial charge in [0.05, 0.1) is 6.54 Å². The molecule has 0 radical (unpaired) electrons. The van der Waals surface area contributed by atoms with Crippen LogP contribution in [0.15, 0.2) is 4.52 Å². The summed E-state index contributed by atoms with van der Waals surface area (Å²) in [5.41, 5.74) is 0. The first-order valence-corrected chi connectivity index (χ1v) is 8.04. The van der Waals surface area contributed by atoms with Gasteiger partial charge in [0, 0.05) is 12.0 Å². The lowest BCUT2D eigenvalue weighted by atomic mass is 9.97. The van der Waals surface area contributed by atoms with E-state index in [1.807, 2.05) is 4.90 Å². The Morgan fingerprint density at radius 3 is 2.46 bits per heavy atom. The van der Waals surface area contributed by atoms with Crippen LogP contribution < -0.4 is 0 Å². The summed E-state index contributed by atoms with van der Waals surface area (Å²) in [6, 6.07) is -0.488. The minimum absolute atomic E-state index is 0.00381. The minimum atomic E-state index is -4.39. The third-order valence-electron chi connectivity index (χ3n) is 4.13. The SMILES string of the molecule is Cc1noc(C2CCN(CC(=O)N(CC(F)(F)F)C(C)C)CC2)n1. The fourth-order valence-corrected chi connectivity index (χ4v) is 2.85. The molecule has 0 N–H and O–H groups in total. The van der Waals surface area contributed by atoms with E-state index in [4.69, 9.17) is 4.52 Å². The molecule has 1 amide bonds. The molecule has 0 saturated carbocycles. The predicted octanol–water partition coefficient (Wildman–Crippen LogP) is 2.36. The van der Waals surface area contributed by atoms with Gasteiger partial charge < -0.3 is 9.42 Å². The second-order valence-corrected chi connectivity index (χ2v) is 6.46. The molecule has 9 heteroatoms. The number of rotatable bonds is 5. The predicted molar refractivity (Wildman–Crippen MR) is 80.4 cm³/mol. The lowest BCUT2D eigenvalue weighted by Gasteiger charge is -2.33. The number of carbonyl (C=O) groups excluding carboxylic acids is 1. The molecule has 1 aliphatic heterocycles. The molecule has 2 rings (SSSR count). The van der Waals surface area contributed by atoms with Crippen LogP contribution in [0.25, 0.3) is 0 Å². The quantitative estimate of drug-likeness (QED) is 0.817. The van der Waals surface area contributed by atoms with Crippen molar-refractivity contribution in [3.8, 4) is 0 Å². The van der Waals surface area contributed by atoms with E-state index in [0.29, 0.717) is 24.8 Å². The van der Waals surface area contributed by atoms with E-state index in [1.165, 1.54) is 0 Å². The Morgan fingerprint density at radius 2 is 2.00 bits per heavy atom. The molecular formula is C15H23F3N4O2. The monoisotopic (exact) mass is 348 g/mol. The maximum atomic E-state index is 12.6. The Balaban J connectivity index is 1.86. The van der Waals surface area contributed by atoms with Gasteiger partial charge in [0.25, 0.3) is 0 Å². The van der Waals surface area contributed by atoms with Crippen LogP contribution in [0.3, 0.4) is 0 Å². The molecule has 1 aliphatic rings. The van der Waals surface area contributed by atoms with E-state index >= 15 is 0 Å². The second kappa shape index (κ2) is 7.50. The van der Waals surface area contributed by atoms with Gasteiger partial charge in [-0.05, 0) is 46.7 Å². The number of alkyl halides is 3. The van der Waals surface area contributed by atoms with Gasteiger partial charge in [-0.3, -0.25) is 9.69 Å². The van der Waals surface area contributed by atoms with Crippen LogP contribution >= 0.6 is 0 Å². The number of aromatic nitrogens is 2. The summed E-state index contributed by atoms with van der Waals surface area (Å²) in [5, 5.41) is 3.77. The molecule has 1 aromatic heterocycles. The Labute approximate surface area is 139 Å². The van der Waals surface area contributed by atoms with Crippen LogP contribution in [0.2, 0.25) is 0 Å². The van der Waals surface area contributed by atoms with Gasteiger partial charge in [0.2, 0.25) is 11.8 Å². The smallest absolute Gasteiger partial charge is 0.339 e. The zero-order chi connectivity index (χ0) is 17.9. The maximum absolute atomic E-state index is 12.6. The Bertz CT molecular complexity index is 551. The fourth-order valence-electron chi connectivity index (χ4n) is 2.85. The Morgan fingerprint density at radius 1 is 1.38 bits per heavy atom. The maximum Gasteiger partial charge on any atom is 0.406 e. The van der Waals surface area contributed by atoms with E-state index in [9.17, 15) is 18.0 Å². The van der Waals surface area contributed by atoms with E-state index in [-0.39, 0.29) is 12.5 Å². The molecule has 24 heavy (non-hydrogen) atoms. The first-order valence-electron chi connectivity index (χ1n) is 8.04. The highest BCUT2D eigenvalue weighted by molar-refractivity contribution is 5.78. The number of hydrogen-bond donors (Lipinski definition) is 0. The zero-order valence-corrected chi connectivity index (χ0v) is 14.1. The third-order valence-corrected chi connectivity index (χ3v) is 4.13. The number of aryl methyl sites for hydroxylation is 1. The van der Waals surface area contributed by atoms with Crippen molar-refractivity contribution in [3.05, 3.63) is 11.7 Å². The van der Waals surface area contributed by atoms with Crippen LogP contribution in [0.1, 0.15) is 44.3 Å². The molecule has 0 bridgehead atoms. The molecular weight excluding hydrogens is 325 g/mol. The third kappa shape index (κ3) is 5.19. The van der Waals surface area contributed by atoms with Gasteiger partial charge in [-0.2, -0.15) is 18.2 Å². The standard InChI is InChI=1S/C15H23F3N4O2/c1-10(2)22(9-15(16,17)18)13(23)8-21-6-4-12(5-7-21)14-19-11(3)20-24-14/h10,12H,4-9H2,1-3H3. The van der Waals surface area contributed by atoms with Crippen LogP contribution in [0.5, 0.6) is 0 Å². The van der Waals surface area contributed by atoms with E-state index < -0.39 is 24.7 Å². The number of amides is 1. The average molecular weight is 348 g/mol. The molecule has 0 unspecified atom stereocenters. The van der Waals surface area contributed by atoms with Crippen molar-refractivity contribution >= 4 is 5.91 Å². The van der Waals surface area contributed by atoms with Gasteiger partial charge in [-0.1, -0.05) is 5.16 Å². The highest BCUT2D eigenvalue weighted by atomic mass is 19.4. The molecule has 2 heterocycles. The molecule has 0 spiro atoms. The van der Waals surface area contributed by atoms with Crippen LogP contribution in [0.4, 0.5) is 13.2 Å². The summed E-state index contributed by atoms with van der Waals surface area (Å²) >= 11 is 0. The summed E-state index contributed by atoms with van der Waals surface area (Å²) in [4.78, 5) is 19.2. The number of piperidine rings is 1. The van der Waals surface area contributed by atoms with Crippen molar-refractivity contribution in [1.82, 2.24) is 19.9 Å². The number of nitrogens with zero attached hydrogens (tertiary/aromatic N) is 4. The van der Waals surface area contributed by atoms with Gasteiger partial charge in [0.15, 0.2) is 5.82 Å². The summed E-state index contributed by atoms with van der Waals surface area (Å²) < 4.78 is 43.0. The molecule has 1 aromatic rings. The molecule has 0 atom stereocenters. The summed E-state index contributed by atoms with van der Waals surface area (Å²) in [5.74, 6) is 0.838. The largest absolute Gasteiger partial charge is 0.406 e. The molecule has 0 aliphatic carbocycles. The first kappa shape index (κ1) is 18.7. The van der Waals surface area contributed by atoms with E-state index in [1.54, 1.807) is 20.8 Å². The molecule has 0 aromatic carbocycles. The lowest BCUT2D eigenvalue weighted by molar-refractivity contribution is -0.165. The number of halogens is 3. The Hall–Kier alpha value is -1.64.